The van der Waals surface area contributed by atoms with Gasteiger partial charge in [0.2, 0.25) is 0 Å². The highest BCUT2D eigenvalue weighted by Gasteiger charge is 2.38. The van der Waals surface area contributed by atoms with Crippen molar-refractivity contribution < 1.29 is 23.1 Å². The van der Waals surface area contributed by atoms with Gasteiger partial charge in [-0.25, -0.2) is 0 Å². The van der Waals surface area contributed by atoms with Crippen LogP contribution < -0.4 is 5.32 Å². The van der Waals surface area contributed by atoms with E-state index in [0.29, 0.717) is 6.42 Å². The van der Waals surface area contributed by atoms with Gasteiger partial charge in [0, 0.05) is 5.56 Å². The Bertz CT molecular complexity index is 554. The van der Waals surface area contributed by atoms with E-state index in [1.165, 1.54) is 13.0 Å². The Labute approximate surface area is 114 Å². The van der Waals surface area contributed by atoms with Gasteiger partial charge in [0.25, 0.3) is 0 Å². The number of carbonyl (C=O) groups is 1. The van der Waals surface area contributed by atoms with Gasteiger partial charge in [-0.1, -0.05) is 24.8 Å². The van der Waals surface area contributed by atoms with Crippen LogP contribution in [0.5, 0.6) is 0 Å². The van der Waals surface area contributed by atoms with Crippen LogP contribution in [0.15, 0.2) is 18.2 Å². The fourth-order valence-electron chi connectivity index (χ4n) is 1.40. The number of alkyl halides is 3. The number of amides is 1. The molecule has 0 saturated heterocycles. The van der Waals surface area contributed by atoms with Crippen LogP contribution in [0.1, 0.15) is 25.0 Å². The maximum atomic E-state index is 12.2. The van der Waals surface area contributed by atoms with Crippen molar-refractivity contribution in [2.24, 2.45) is 0 Å². The van der Waals surface area contributed by atoms with Crippen LogP contribution in [0.25, 0.3) is 0 Å². The summed E-state index contributed by atoms with van der Waals surface area (Å²) in [6.07, 6.45) is -5.19. The first-order chi connectivity index (χ1) is 9.24. The van der Waals surface area contributed by atoms with E-state index >= 15 is 0 Å². The first-order valence-corrected chi connectivity index (χ1v) is 5.94. The summed E-state index contributed by atoms with van der Waals surface area (Å²) in [5.41, 5.74) is 1.07. The molecule has 1 atom stereocenters. The highest BCUT2D eigenvalue weighted by Crippen LogP contribution is 2.22. The SMILES string of the molecule is CCc1ccc(NC(=O)C(F)(F)F)c(C#C[C@H](C)O)c1. The van der Waals surface area contributed by atoms with E-state index in [9.17, 15) is 18.0 Å². The van der Waals surface area contributed by atoms with Gasteiger partial charge in [0.1, 0.15) is 6.10 Å². The lowest BCUT2D eigenvalue weighted by Gasteiger charge is -2.10. The molecule has 3 nitrogen and oxygen atoms in total. The minimum atomic E-state index is -4.96. The molecule has 0 bridgehead atoms. The summed E-state index contributed by atoms with van der Waals surface area (Å²) in [6.45, 7) is 3.32. The third kappa shape index (κ3) is 4.59. The summed E-state index contributed by atoms with van der Waals surface area (Å²) in [5.74, 6) is 2.95. The molecule has 0 fully saturated rings. The zero-order valence-corrected chi connectivity index (χ0v) is 11.0. The number of aryl methyl sites for hydroxylation is 1. The predicted octanol–water partition coefficient (Wildman–Crippen LogP) is 2.48. The Morgan fingerprint density at radius 3 is 2.60 bits per heavy atom. The largest absolute Gasteiger partial charge is 0.471 e. The maximum absolute atomic E-state index is 12.2. The van der Waals surface area contributed by atoms with Gasteiger partial charge in [-0.15, -0.1) is 0 Å². The molecule has 2 N–H and O–H groups in total. The number of nitrogens with one attached hydrogen (secondary N) is 1. The highest BCUT2D eigenvalue weighted by molar-refractivity contribution is 5.96. The molecule has 1 amide bonds. The van der Waals surface area contributed by atoms with Gasteiger partial charge in [-0.2, -0.15) is 13.2 Å². The molecule has 0 saturated carbocycles. The van der Waals surface area contributed by atoms with Crippen molar-refractivity contribution in [1.29, 1.82) is 0 Å². The second kappa shape index (κ2) is 6.44. The molecule has 1 aromatic rings. The second-order valence-electron chi connectivity index (χ2n) is 4.13. The van der Waals surface area contributed by atoms with Crippen molar-refractivity contribution >= 4 is 11.6 Å². The summed E-state index contributed by atoms with van der Waals surface area (Å²) in [6, 6.07) is 4.56. The minimum Gasteiger partial charge on any atom is -0.381 e. The first-order valence-electron chi connectivity index (χ1n) is 5.94. The molecule has 0 aliphatic heterocycles. The number of halogens is 3. The van der Waals surface area contributed by atoms with Crippen LogP contribution in [0.3, 0.4) is 0 Å². The Morgan fingerprint density at radius 1 is 1.45 bits per heavy atom. The van der Waals surface area contributed by atoms with Crippen LogP contribution in [0.2, 0.25) is 0 Å². The van der Waals surface area contributed by atoms with E-state index in [0.717, 1.165) is 5.56 Å². The van der Waals surface area contributed by atoms with Gasteiger partial charge in [-0.3, -0.25) is 4.79 Å². The number of hydrogen-bond acceptors (Lipinski definition) is 2. The summed E-state index contributed by atoms with van der Waals surface area (Å²) >= 11 is 0. The summed E-state index contributed by atoms with van der Waals surface area (Å²) < 4.78 is 36.7. The van der Waals surface area contributed by atoms with Crippen molar-refractivity contribution in [3.05, 3.63) is 29.3 Å². The van der Waals surface area contributed by atoms with Crippen molar-refractivity contribution in [3.8, 4) is 11.8 Å². The molecule has 1 aromatic carbocycles. The van der Waals surface area contributed by atoms with Crippen LogP contribution in [-0.2, 0) is 11.2 Å². The van der Waals surface area contributed by atoms with Crippen molar-refractivity contribution in [2.75, 3.05) is 5.32 Å². The number of anilines is 1. The fraction of sp³-hybridized carbons (Fsp3) is 0.357. The fourth-order valence-corrected chi connectivity index (χ4v) is 1.40. The van der Waals surface area contributed by atoms with E-state index in [1.807, 2.05) is 6.92 Å². The normalized spacial score (nSPS) is 12.3. The summed E-state index contributed by atoms with van der Waals surface area (Å²) in [7, 11) is 0. The number of hydrogen-bond donors (Lipinski definition) is 2. The molecular weight excluding hydrogens is 271 g/mol. The van der Waals surface area contributed by atoms with E-state index in [2.05, 4.69) is 11.8 Å². The molecule has 0 unspecified atom stereocenters. The molecule has 0 aliphatic carbocycles. The van der Waals surface area contributed by atoms with Crippen LogP contribution in [-0.4, -0.2) is 23.3 Å². The molecule has 0 spiro atoms. The Morgan fingerprint density at radius 2 is 2.10 bits per heavy atom. The zero-order valence-electron chi connectivity index (χ0n) is 11.0. The molecule has 108 valence electrons. The van der Waals surface area contributed by atoms with Gasteiger partial charge in [0.15, 0.2) is 0 Å². The molecule has 0 heterocycles. The molecule has 0 radical (unpaired) electrons. The Kier molecular flexibility index (Phi) is 5.17. The van der Waals surface area contributed by atoms with Crippen molar-refractivity contribution in [2.45, 2.75) is 32.5 Å². The number of aliphatic hydroxyl groups is 1. The van der Waals surface area contributed by atoms with Crippen LogP contribution >= 0.6 is 0 Å². The van der Waals surface area contributed by atoms with Gasteiger partial charge in [-0.05, 0) is 31.0 Å². The highest BCUT2D eigenvalue weighted by atomic mass is 19.4. The Hall–Kier alpha value is -2.00. The summed E-state index contributed by atoms with van der Waals surface area (Å²) in [5, 5.41) is 10.9. The number of benzene rings is 1. The average molecular weight is 285 g/mol. The molecule has 1 rings (SSSR count). The lowest BCUT2D eigenvalue weighted by Crippen LogP contribution is -2.30. The molecule has 20 heavy (non-hydrogen) atoms. The standard InChI is InChI=1S/C14H14F3NO2/c1-3-10-5-7-12(18-13(20)14(15,16)17)11(8-10)6-4-9(2)19/h5,7-9,19H,3H2,1-2H3,(H,18,20)/t9-/m0/s1. The lowest BCUT2D eigenvalue weighted by atomic mass is 10.1. The van der Waals surface area contributed by atoms with Gasteiger partial charge >= 0.3 is 12.1 Å². The van der Waals surface area contributed by atoms with E-state index in [4.69, 9.17) is 5.11 Å². The zero-order chi connectivity index (χ0) is 15.3. The smallest absolute Gasteiger partial charge is 0.381 e. The van der Waals surface area contributed by atoms with Crippen molar-refractivity contribution in [1.82, 2.24) is 0 Å². The third-order valence-corrected chi connectivity index (χ3v) is 2.41. The average Bonchev–Trinajstić information content (AvgIpc) is 2.36. The Balaban J connectivity index is 3.13. The number of rotatable bonds is 2. The van der Waals surface area contributed by atoms with E-state index in [-0.39, 0.29) is 11.3 Å². The van der Waals surface area contributed by atoms with E-state index in [1.54, 1.807) is 17.4 Å². The minimum absolute atomic E-state index is 0.0299. The van der Waals surface area contributed by atoms with Crippen LogP contribution in [0.4, 0.5) is 18.9 Å². The molecule has 6 heteroatoms. The van der Waals surface area contributed by atoms with Crippen molar-refractivity contribution in [3.63, 3.8) is 0 Å². The third-order valence-electron chi connectivity index (χ3n) is 2.41. The first kappa shape index (κ1) is 16.1. The quantitative estimate of drug-likeness (QED) is 0.820. The molecule has 0 aromatic heterocycles. The predicted molar refractivity (Wildman–Crippen MR) is 69.1 cm³/mol. The summed E-state index contributed by atoms with van der Waals surface area (Å²) in [4.78, 5) is 10.9. The van der Waals surface area contributed by atoms with Crippen LogP contribution in [0, 0.1) is 11.8 Å². The second-order valence-corrected chi connectivity index (χ2v) is 4.13. The number of carbonyl (C=O) groups excluding carboxylic acids is 1. The van der Waals surface area contributed by atoms with Gasteiger partial charge in [0.05, 0.1) is 5.69 Å². The maximum Gasteiger partial charge on any atom is 0.471 e. The topological polar surface area (TPSA) is 49.3 Å². The van der Waals surface area contributed by atoms with E-state index < -0.39 is 18.2 Å². The molecule has 0 aliphatic rings. The molecular formula is C14H14F3NO2. The van der Waals surface area contributed by atoms with Gasteiger partial charge < -0.3 is 10.4 Å². The lowest BCUT2D eigenvalue weighted by molar-refractivity contribution is -0.167. The number of aliphatic hydroxyl groups excluding tert-OH is 1. The monoisotopic (exact) mass is 285 g/mol.